The van der Waals surface area contributed by atoms with E-state index in [1.54, 1.807) is 6.20 Å². The van der Waals surface area contributed by atoms with Gasteiger partial charge in [-0.1, -0.05) is 26.5 Å². The number of aromatic amines is 1. The van der Waals surface area contributed by atoms with Crippen LogP contribution in [-0.2, 0) is 4.79 Å². The Morgan fingerprint density at radius 1 is 1.06 bits per heavy atom. The zero-order chi connectivity index (χ0) is 36.4. The van der Waals surface area contributed by atoms with Gasteiger partial charge in [0.15, 0.2) is 12.4 Å². The molecule has 276 valence electrons. The Kier molecular flexibility index (Phi) is 8.82. The van der Waals surface area contributed by atoms with Crippen LogP contribution in [0.2, 0.25) is 0 Å². The Morgan fingerprint density at radius 3 is 2.48 bits per heavy atom. The number of likely N-dealkylation sites (N-methyl/N-ethyl adjacent to an activating group) is 1. The smallest absolute Gasteiger partial charge is 0.422 e. The number of ether oxygens (including phenoxy) is 1. The van der Waals surface area contributed by atoms with Crippen molar-refractivity contribution in [2.45, 2.75) is 71.0 Å². The van der Waals surface area contributed by atoms with Crippen molar-refractivity contribution in [2.75, 3.05) is 68.8 Å². The number of nitrogens with zero attached hydrogens (tertiary/aromatic N) is 7. The third kappa shape index (κ3) is 6.24. The number of fused-ring (bicyclic) bond motifs is 2. The predicted molar refractivity (Wildman–Crippen MR) is 197 cm³/mol. The van der Waals surface area contributed by atoms with Gasteiger partial charge in [0.05, 0.1) is 11.7 Å². The molecule has 1 saturated carbocycles. The highest BCUT2D eigenvalue weighted by Crippen LogP contribution is 2.53. The molecule has 0 radical (unpaired) electrons. The van der Waals surface area contributed by atoms with Gasteiger partial charge in [0.1, 0.15) is 11.3 Å². The number of aromatic nitrogens is 4. The summed E-state index contributed by atoms with van der Waals surface area (Å²) in [6.07, 6.45) is 3.18. The highest BCUT2D eigenvalue weighted by Gasteiger charge is 2.47. The maximum atomic E-state index is 14.1. The van der Waals surface area contributed by atoms with Crippen LogP contribution in [0.5, 0.6) is 5.75 Å². The summed E-state index contributed by atoms with van der Waals surface area (Å²) in [7, 11) is 0. The molecule has 2 aromatic carbocycles. The first-order valence-electron chi connectivity index (χ1n) is 18.7. The minimum Gasteiger partial charge on any atom is -0.481 e. The van der Waals surface area contributed by atoms with E-state index >= 15 is 0 Å². The first kappa shape index (κ1) is 34.7. The number of halogens is 3. The van der Waals surface area contributed by atoms with Crippen LogP contribution in [0.25, 0.3) is 32.9 Å². The summed E-state index contributed by atoms with van der Waals surface area (Å²) >= 11 is 0. The van der Waals surface area contributed by atoms with E-state index in [0.29, 0.717) is 36.2 Å². The minimum absolute atomic E-state index is 0.0377. The van der Waals surface area contributed by atoms with Crippen molar-refractivity contribution < 1.29 is 22.7 Å². The lowest BCUT2D eigenvalue weighted by Crippen LogP contribution is -2.61. The zero-order valence-electron chi connectivity index (χ0n) is 30.2. The molecule has 0 bridgehead atoms. The SMILES string of the molecule is C=CC(=O)N1CC2(CCN(c3nc(N4CC[C@H](N(CC)CC)C4)nc4c(OCC(F)(F)F)c(-c5c(C)ccc6[nH]ncc56)c(C5CC5)cc34)CC2)C1. The van der Waals surface area contributed by atoms with Crippen LogP contribution in [0.4, 0.5) is 24.9 Å². The van der Waals surface area contributed by atoms with E-state index in [1.165, 1.54) is 6.08 Å². The van der Waals surface area contributed by atoms with E-state index in [2.05, 4.69) is 51.4 Å². The van der Waals surface area contributed by atoms with Crippen LogP contribution < -0.4 is 14.5 Å². The summed E-state index contributed by atoms with van der Waals surface area (Å²) in [4.78, 5) is 31.4. The summed E-state index contributed by atoms with van der Waals surface area (Å²) in [5.74, 6) is 1.56. The van der Waals surface area contributed by atoms with Crippen molar-refractivity contribution in [3.8, 4) is 16.9 Å². The van der Waals surface area contributed by atoms with Gasteiger partial charge in [0, 0.05) is 67.1 Å². The minimum atomic E-state index is -4.55. The van der Waals surface area contributed by atoms with E-state index < -0.39 is 12.8 Å². The van der Waals surface area contributed by atoms with Crippen molar-refractivity contribution >= 4 is 39.5 Å². The summed E-state index contributed by atoms with van der Waals surface area (Å²) < 4.78 is 48.3. The van der Waals surface area contributed by atoms with Gasteiger partial charge in [0.2, 0.25) is 11.9 Å². The number of hydrogen-bond donors (Lipinski definition) is 1. The fourth-order valence-electron chi connectivity index (χ4n) is 8.86. The summed E-state index contributed by atoms with van der Waals surface area (Å²) in [5.41, 5.74) is 4.64. The van der Waals surface area contributed by atoms with Crippen molar-refractivity contribution in [3.63, 3.8) is 0 Å². The van der Waals surface area contributed by atoms with Crippen LogP contribution in [0.3, 0.4) is 0 Å². The van der Waals surface area contributed by atoms with Gasteiger partial charge >= 0.3 is 6.18 Å². The van der Waals surface area contributed by atoms with Crippen molar-refractivity contribution in [1.29, 1.82) is 0 Å². The van der Waals surface area contributed by atoms with Gasteiger partial charge in [-0.05, 0) is 92.9 Å². The third-order valence-corrected chi connectivity index (χ3v) is 11.9. The van der Waals surface area contributed by atoms with Crippen LogP contribution in [0.15, 0.2) is 37.1 Å². The van der Waals surface area contributed by atoms with Gasteiger partial charge < -0.3 is 19.4 Å². The van der Waals surface area contributed by atoms with Gasteiger partial charge in [0.25, 0.3) is 0 Å². The average Bonchev–Trinajstić information content (AvgIpc) is 3.65. The Morgan fingerprint density at radius 2 is 1.81 bits per heavy atom. The highest BCUT2D eigenvalue weighted by molar-refractivity contribution is 6.06. The Labute approximate surface area is 302 Å². The lowest BCUT2D eigenvalue weighted by molar-refractivity contribution is -0.153. The summed E-state index contributed by atoms with van der Waals surface area (Å²) in [6, 6.07) is 6.40. The first-order chi connectivity index (χ1) is 25.0. The zero-order valence-corrected chi connectivity index (χ0v) is 30.2. The number of amides is 1. The number of piperidine rings is 1. The van der Waals surface area contributed by atoms with Crippen LogP contribution in [0, 0.1) is 12.3 Å². The molecule has 3 aliphatic heterocycles. The normalized spacial score (nSPS) is 20.4. The largest absolute Gasteiger partial charge is 0.481 e. The number of alkyl halides is 3. The molecule has 4 aliphatic rings. The number of H-pyrrole nitrogens is 1. The number of carbonyl (C=O) groups is 1. The van der Waals surface area contributed by atoms with E-state index in [9.17, 15) is 18.0 Å². The third-order valence-electron chi connectivity index (χ3n) is 11.9. The fourth-order valence-corrected chi connectivity index (χ4v) is 8.86. The van der Waals surface area contributed by atoms with Gasteiger partial charge in [-0.25, -0.2) is 4.98 Å². The number of nitrogens with one attached hydrogen (secondary N) is 1. The molecule has 0 unspecified atom stereocenters. The topological polar surface area (TPSA) is 93.7 Å². The van der Waals surface area contributed by atoms with Crippen LogP contribution >= 0.6 is 0 Å². The maximum Gasteiger partial charge on any atom is 0.422 e. The van der Waals surface area contributed by atoms with Crippen LogP contribution in [-0.4, -0.2) is 107 Å². The van der Waals surface area contributed by atoms with E-state index in [-0.39, 0.29) is 23.0 Å². The average molecular weight is 717 g/mol. The lowest BCUT2D eigenvalue weighted by atomic mass is 9.72. The molecule has 1 spiro atoms. The Bertz CT molecular complexity index is 2000. The quantitative estimate of drug-likeness (QED) is 0.179. The number of rotatable bonds is 10. The molecule has 5 heterocycles. The van der Waals surface area contributed by atoms with E-state index in [4.69, 9.17) is 14.7 Å². The molecular formula is C39H47F3N8O2. The Balaban J connectivity index is 1.30. The second-order valence-corrected chi connectivity index (χ2v) is 15.2. The van der Waals surface area contributed by atoms with E-state index in [1.807, 2.05) is 24.0 Å². The lowest BCUT2D eigenvalue weighted by Gasteiger charge is -2.54. The second-order valence-electron chi connectivity index (χ2n) is 15.2. The number of carbonyl (C=O) groups excluding carboxylic acids is 1. The molecule has 4 aromatic rings. The van der Waals surface area contributed by atoms with E-state index in [0.717, 1.165) is 110 Å². The molecule has 10 nitrogen and oxygen atoms in total. The molecule has 8 rings (SSSR count). The molecule has 4 fully saturated rings. The molecule has 3 saturated heterocycles. The van der Waals surface area contributed by atoms with Gasteiger partial charge in [-0.15, -0.1) is 0 Å². The van der Waals surface area contributed by atoms with Crippen molar-refractivity contribution in [1.82, 2.24) is 30.0 Å². The molecular weight excluding hydrogens is 669 g/mol. The maximum absolute atomic E-state index is 14.1. The van der Waals surface area contributed by atoms with Crippen LogP contribution in [0.1, 0.15) is 63.0 Å². The van der Waals surface area contributed by atoms with Gasteiger partial charge in [-0.3, -0.25) is 14.8 Å². The first-order valence-corrected chi connectivity index (χ1v) is 18.7. The number of anilines is 2. The Hall–Kier alpha value is -4.39. The molecule has 52 heavy (non-hydrogen) atoms. The molecule has 1 atom stereocenters. The van der Waals surface area contributed by atoms with Crippen molar-refractivity contribution in [3.05, 3.63) is 48.2 Å². The fraction of sp³-hybridized carbons (Fsp3) is 0.538. The molecule has 1 aliphatic carbocycles. The molecule has 13 heteroatoms. The second kappa shape index (κ2) is 13.2. The number of likely N-dealkylation sites (tertiary alicyclic amines) is 1. The molecule has 1 N–H and O–H groups in total. The highest BCUT2D eigenvalue weighted by atomic mass is 19.4. The van der Waals surface area contributed by atoms with Crippen molar-refractivity contribution in [2.24, 2.45) is 5.41 Å². The number of benzene rings is 2. The molecule has 2 aromatic heterocycles. The monoisotopic (exact) mass is 716 g/mol. The number of hydrogen-bond acceptors (Lipinski definition) is 8. The standard InChI is InChI=1S/C39H47F3N8O2/c1-5-31(51)50-21-38(22-50)13-16-48(17-14-38)36-28-18-27(25-9-10-25)33(32-24(4)8-11-30-29(32)19-43-46-30)35(52-23-39(40,41)42)34(28)44-37(45-36)49-15-12-26(20-49)47(6-2)7-3/h5,8,11,18-19,25-26H,1,6-7,9-10,12-17,20-23H2,2-4H3,(H,43,46)/t26-/m0/s1. The number of aryl methyl sites for hydroxylation is 1. The molecule has 1 amide bonds. The summed E-state index contributed by atoms with van der Waals surface area (Å²) in [6.45, 7) is 14.8. The summed E-state index contributed by atoms with van der Waals surface area (Å²) in [5, 5.41) is 8.90. The van der Waals surface area contributed by atoms with Gasteiger partial charge in [-0.2, -0.15) is 23.3 Å². The predicted octanol–water partition coefficient (Wildman–Crippen LogP) is 6.84.